The van der Waals surface area contributed by atoms with Crippen LogP contribution in [-0.4, -0.2) is 11.4 Å². The summed E-state index contributed by atoms with van der Waals surface area (Å²) in [6.45, 7) is 0. The van der Waals surface area contributed by atoms with Crippen LogP contribution < -0.4 is 0 Å². The Kier molecular flexibility index (Phi) is 1.92. The number of rotatable bonds is 2. The van der Waals surface area contributed by atoms with Crippen molar-refractivity contribution >= 4 is 6.29 Å². The third kappa shape index (κ3) is 1.36. The van der Waals surface area contributed by atoms with Crippen LogP contribution in [0.4, 0.5) is 0 Å². The van der Waals surface area contributed by atoms with Crippen molar-refractivity contribution in [2.75, 3.05) is 0 Å². The molecule has 0 saturated carbocycles. The smallest absolute Gasteiger partial charge is 0.257 e. The molecule has 3 heteroatoms. The summed E-state index contributed by atoms with van der Waals surface area (Å²) >= 11 is 0. The largest absolute Gasteiger partial charge is 0.363 e. The Morgan fingerprint density at radius 2 is 2.00 bits per heavy atom. The first-order valence-electron chi connectivity index (χ1n) is 3.80. The van der Waals surface area contributed by atoms with Crippen molar-refractivity contribution in [3.05, 3.63) is 42.3 Å². The summed E-state index contributed by atoms with van der Waals surface area (Å²) in [5.74, 6) is 0. The van der Waals surface area contributed by atoms with Crippen LogP contribution in [0.15, 0.2) is 41.1 Å². The highest BCUT2D eigenvalue weighted by atomic mass is 16.5. The fourth-order valence-electron chi connectivity index (χ4n) is 1.13. The average Bonchev–Trinajstić information content (AvgIpc) is 2.67. The molecule has 2 rings (SSSR count). The van der Waals surface area contributed by atoms with Crippen molar-refractivity contribution in [2.45, 2.75) is 0 Å². The van der Waals surface area contributed by atoms with Gasteiger partial charge in [0, 0.05) is 0 Å². The molecule has 0 aliphatic carbocycles. The molecule has 2 aromatic rings. The predicted octanol–water partition coefficient (Wildman–Crippen LogP) is 1.80. The molecule has 1 aromatic carbocycles. The van der Waals surface area contributed by atoms with Crippen LogP contribution in [-0.2, 0) is 4.79 Å². The molecule has 0 aliphatic heterocycles. The predicted molar refractivity (Wildman–Crippen MR) is 46.7 cm³/mol. The molecule has 1 radical (unpaired) electrons. The second-order valence-corrected chi connectivity index (χ2v) is 2.54. The number of aromatic nitrogens is 1. The zero-order chi connectivity index (χ0) is 9.10. The van der Waals surface area contributed by atoms with Crippen LogP contribution in [0.2, 0.25) is 0 Å². The van der Waals surface area contributed by atoms with Crippen LogP contribution in [0.3, 0.4) is 0 Å². The summed E-state index contributed by atoms with van der Waals surface area (Å²) in [6, 6.07) is 9.44. The van der Waals surface area contributed by atoms with Gasteiger partial charge in [-0.2, -0.15) is 0 Å². The summed E-state index contributed by atoms with van der Waals surface area (Å²) in [4.78, 5) is 10.4. The molecular weight excluding hydrogens is 166 g/mol. The van der Waals surface area contributed by atoms with E-state index in [2.05, 4.69) is 9.68 Å². The number of hydrogen-bond acceptors (Lipinski definition) is 3. The highest BCUT2D eigenvalue weighted by Crippen LogP contribution is 2.20. The molecule has 0 amide bonds. The molecule has 63 valence electrons. The quantitative estimate of drug-likeness (QED) is 0.693. The Morgan fingerprint density at radius 1 is 1.23 bits per heavy atom. The van der Waals surface area contributed by atoms with Gasteiger partial charge in [0.25, 0.3) is 6.29 Å². The van der Waals surface area contributed by atoms with Crippen LogP contribution in [0, 0.1) is 0 Å². The van der Waals surface area contributed by atoms with E-state index in [0.717, 1.165) is 5.56 Å². The molecule has 0 aliphatic rings. The molecule has 1 aromatic heterocycles. The first-order valence-corrected chi connectivity index (χ1v) is 3.80. The van der Waals surface area contributed by atoms with Crippen molar-refractivity contribution in [3.8, 4) is 11.1 Å². The van der Waals surface area contributed by atoms with Gasteiger partial charge < -0.3 is 4.52 Å². The zero-order valence-corrected chi connectivity index (χ0v) is 6.73. The van der Waals surface area contributed by atoms with Crippen LogP contribution in [0.1, 0.15) is 5.69 Å². The zero-order valence-electron chi connectivity index (χ0n) is 6.73. The van der Waals surface area contributed by atoms with E-state index in [9.17, 15) is 4.79 Å². The minimum atomic E-state index is 0.214. The number of carbonyl (C=O) groups excluding carboxylic acids is 1. The van der Waals surface area contributed by atoms with E-state index in [-0.39, 0.29) is 5.69 Å². The molecule has 0 N–H and O–H groups in total. The second kappa shape index (κ2) is 3.23. The maximum atomic E-state index is 10.4. The SMILES string of the molecule is O=[C]c1nocc1-c1ccccc1. The van der Waals surface area contributed by atoms with E-state index in [4.69, 9.17) is 0 Å². The summed E-state index contributed by atoms with van der Waals surface area (Å²) in [5, 5.41) is 3.51. The van der Waals surface area contributed by atoms with Gasteiger partial charge in [0.1, 0.15) is 6.26 Å². The molecule has 3 nitrogen and oxygen atoms in total. The number of benzene rings is 1. The lowest BCUT2D eigenvalue weighted by molar-refractivity contribution is 0.417. The third-order valence-electron chi connectivity index (χ3n) is 1.75. The highest BCUT2D eigenvalue weighted by Gasteiger charge is 2.08. The van der Waals surface area contributed by atoms with Gasteiger partial charge >= 0.3 is 0 Å². The minimum absolute atomic E-state index is 0.214. The van der Waals surface area contributed by atoms with Gasteiger partial charge in [0.05, 0.1) is 5.56 Å². The maximum absolute atomic E-state index is 10.4. The third-order valence-corrected chi connectivity index (χ3v) is 1.75. The van der Waals surface area contributed by atoms with E-state index in [1.165, 1.54) is 6.26 Å². The van der Waals surface area contributed by atoms with Crippen LogP contribution >= 0.6 is 0 Å². The lowest BCUT2D eigenvalue weighted by Gasteiger charge is -1.93. The maximum Gasteiger partial charge on any atom is 0.257 e. The highest BCUT2D eigenvalue weighted by molar-refractivity contribution is 5.84. The number of nitrogens with zero attached hydrogens (tertiary/aromatic N) is 1. The average molecular weight is 172 g/mol. The fourth-order valence-corrected chi connectivity index (χ4v) is 1.13. The van der Waals surface area contributed by atoms with E-state index in [1.54, 1.807) is 6.29 Å². The van der Waals surface area contributed by atoms with Gasteiger partial charge in [0.2, 0.25) is 0 Å². The standard InChI is InChI=1S/C10H6NO2/c12-6-10-9(7-13-11-10)8-4-2-1-3-5-8/h1-5,7H. The molecular formula is C10H6NO2. The molecule has 13 heavy (non-hydrogen) atoms. The molecule has 1 heterocycles. The van der Waals surface area contributed by atoms with Gasteiger partial charge in [-0.25, -0.2) is 0 Å². The molecule has 0 bridgehead atoms. The molecule has 0 unspecified atom stereocenters. The lowest BCUT2D eigenvalue weighted by atomic mass is 10.1. The van der Waals surface area contributed by atoms with Gasteiger partial charge in [-0.05, 0) is 5.56 Å². The molecule has 0 fully saturated rings. The van der Waals surface area contributed by atoms with E-state index < -0.39 is 0 Å². The van der Waals surface area contributed by atoms with Crippen molar-refractivity contribution in [1.82, 2.24) is 5.16 Å². The fraction of sp³-hybridized carbons (Fsp3) is 0. The summed E-state index contributed by atoms with van der Waals surface area (Å²) in [6.07, 6.45) is 3.16. The van der Waals surface area contributed by atoms with E-state index in [1.807, 2.05) is 30.3 Å². The van der Waals surface area contributed by atoms with E-state index >= 15 is 0 Å². The Balaban J connectivity index is 2.52. The van der Waals surface area contributed by atoms with Crippen molar-refractivity contribution < 1.29 is 9.32 Å². The van der Waals surface area contributed by atoms with Crippen LogP contribution in [0.5, 0.6) is 0 Å². The minimum Gasteiger partial charge on any atom is -0.363 e. The lowest BCUT2D eigenvalue weighted by Crippen LogP contribution is -1.83. The Bertz CT molecular complexity index is 406. The Labute approximate surface area is 75.0 Å². The summed E-state index contributed by atoms with van der Waals surface area (Å²) in [7, 11) is 0. The topological polar surface area (TPSA) is 43.1 Å². The molecule has 0 saturated heterocycles. The van der Waals surface area contributed by atoms with Crippen molar-refractivity contribution in [2.24, 2.45) is 0 Å². The van der Waals surface area contributed by atoms with Crippen molar-refractivity contribution in [3.63, 3.8) is 0 Å². The normalized spacial score (nSPS) is 9.85. The Morgan fingerprint density at radius 3 is 2.69 bits per heavy atom. The number of hydrogen-bond donors (Lipinski definition) is 0. The second-order valence-electron chi connectivity index (χ2n) is 2.54. The summed E-state index contributed by atoms with van der Waals surface area (Å²) in [5.41, 5.74) is 1.80. The van der Waals surface area contributed by atoms with Crippen molar-refractivity contribution in [1.29, 1.82) is 0 Å². The summed E-state index contributed by atoms with van der Waals surface area (Å²) < 4.78 is 4.68. The first-order chi connectivity index (χ1) is 6.42. The van der Waals surface area contributed by atoms with Crippen LogP contribution in [0.25, 0.3) is 11.1 Å². The Hall–Kier alpha value is -1.90. The van der Waals surface area contributed by atoms with Gasteiger partial charge in [-0.3, -0.25) is 4.79 Å². The van der Waals surface area contributed by atoms with Gasteiger partial charge in [0.15, 0.2) is 5.69 Å². The first kappa shape index (κ1) is 7.73. The van der Waals surface area contributed by atoms with Gasteiger partial charge in [-0.15, -0.1) is 0 Å². The van der Waals surface area contributed by atoms with E-state index in [0.29, 0.717) is 5.56 Å². The molecule has 0 atom stereocenters. The monoisotopic (exact) mass is 172 g/mol. The molecule has 0 spiro atoms. The van der Waals surface area contributed by atoms with Gasteiger partial charge in [-0.1, -0.05) is 35.5 Å².